The lowest BCUT2D eigenvalue weighted by Gasteiger charge is -2.34. The van der Waals surface area contributed by atoms with Crippen LogP contribution in [-0.2, 0) is 21.4 Å². The lowest BCUT2D eigenvalue weighted by molar-refractivity contribution is -0.114. The standard InChI is InChI=1S/C21H27N3O5S/c1-16(25)22-18-7-9-19(10-8-18)30(26,27)24-13-11-23(12-14-24)15-17-5-4-6-20(28-2)21(17)29-3/h4-10H,11-15H2,1-3H3,(H,22,25). The van der Waals surface area contributed by atoms with Crippen LogP contribution in [0.5, 0.6) is 11.5 Å². The van der Waals surface area contributed by atoms with Gasteiger partial charge in [-0.05, 0) is 30.3 Å². The normalized spacial score (nSPS) is 15.6. The molecule has 2 aromatic carbocycles. The predicted molar refractivity (Wildman–Crippen MR) is 114 cm³/mol. The number of nitrogens with zero attached hydrogens (tertiary/aromatic N) is 2. The van der Waals surface area contributed by atoms with E-state index >= 15 is 0 Å². The Morgan fingerprint density at radius 3 is 2.23 bits per heavy atom. The third-order valence-electron chi connectivity index (χ3n) is 5.02. The third kappa shape index (κ3) is 4.92. The highest BCUT2D eigenvalue weighted by atomic mass is 32.2. The molecule has 1 fully saturated rings. The molecule has 3 rings (SSSR count). The van der Waals surface area contributed by atoms with Gasteiger partial charge in [0.1, 0.15) is 0 Å². The van der Waals surface area contributed by atoms with E-state index in [1.54, 1.807) is 26.4 Å². The van der Waals surface area contributed by atoms with Crippen molar-refractivity contribution in [1.29, 1.82) is 0 Å². The first kappa shape index (κ1) is 22.1. The van der Waals surface area contributed by atoms with E-state index in [0.717, 1.165) is 5.56 Å². The second kappa shape index (κ2) is 9.46. The molecule has 9 heteroatoms. The van der Waals surface area contributed by atoms with Gasteiger partial charge in [0, 0.05) is 50.9 Å². The molecule has 1 saturated heterocycles. The number of benzene rings is 2. The largest absolute Gasteiger partial charge is 0.493 e. The minimum absolute atomic E-state index is 0.200. The summed E-state index contributed by atoms with van der Waals surface area (Å²) in [6.07, 6.45) is 0. The zero-order chi connectivity index (χ0) is 21.7. The summed E-state index contributed by atoms with van der Waals surface area (Å²) in [5.74, 6) is 1.18. The van der Waals surface area contributed by atoms with Crippen molar-refractivity contribution in [1.82, 2.24) is 9.21 Å². The summed E-state index contributed by atoms with van der Waals surface area (Å²) in [5, 5.41) is 2.64. The summed E-state index contributed by atoms with van der Waals surface area (Å²) in [6, 6.07) is 12.0. The van der Waals surface area contributed by atoms with Crippen LogP contribution >= 0.6 is 0 Å². The number of rotatable bonds is 7. The number of ether oxygens (including phenoxy) is 2. The van der Waals surface area contributed by atoms with Crippen molar-refractivity contribution in [2.75, 3.05) is 45.7 Å². The second-order valence-electron chi connectivity index (χ2n) is 7.04. The van der Waals surface area contributed by atoms with E-state index in [1.807, 2.05) is 18.2 Å². The number of carbonyl (C=O) groups excluding carboxylic acids is 1. The van der Waals surface area contributed by atoms with E-state index in [1.165, 1.54) is 23.4 Å². The van der Waals surface area contributed by atoms with Gasteiger partial charge < -0.3 is 14.8 Å². The van der Waals surface area contributed by atoms with Gasteiger partial charge in [-0.15, -0.1) is 0 Å². The lowest BCUT2D eigenvalue weighted by atomic mass is 10.1. The Morgan fingerprint density at radius 1 is 1.00 bits per heavy atom. The lowest BCUT2D eigenvalue weighted by Crippen LogP contribution is -2.48. The maximum Gasteiger partial charge on any atom is 0.243 e. The highest BCUT2D eigenvalue weighted by Crippen LogP contribution is 2.32. The van der Waals surface area contributed by atoms with E-state index in [4.69, 9.17) is 9.47 Å². The van der Waals surface area contributed by atoms with E-state index in [0.29, 0.717) is 49.9 Å². The number of sulfonamides is 1. The van der Waals surface area contributed by atoms with Crippen molar-refractivity contribution < 1.29 is 22.7 Å². The summed E-state index contributed by atoms with van der Waals surface area (Å²) < 4.78 is 38.2. The first-order valence-electron chi connectivity index (χ1n) is 9.65. The number of piperazine rings is 1. The number of methoxy groups -OCH3 is 2. The molecule has 0 spiro atoms. The molecule has 8 nitrogen and oxygen atoms in total. The number of nitrogens with one attached hydrogen (secondary N) is 1. The summed E-state index contributed by atoms with van der Waals surface area (Å²) >= 11 is 0. The Labute approximate surface area is 177 Å². The number of para-hydroxylation sites is 1. The van der Waals surface area contributed by atoms with Gasteiger partial charge in [0.15, 0.2) is 11.5 Å². The van der Waals surface area contributed by atoms with Crippen LogP contribution in [0.25, 0.3) is 0 Å². The minimum atomic E-state index is -3.58. The van der Waals surface area contributed by atoms with Gasteiger partial charge in [0.05, 0.1) is 19.1 Å². The van der Waals surface area contributed by atoms with Gasteiger partial charge >= 0.3 is 0 Å². The summed E-state index contributed by atoms with van der Waals surface area (Å²) in [6.45, 7) is 4.10. The smallest absolute Gasteiger partial charge is 0.243 e. The molecular weight excluding hydrogens is 406 g/mol. The molecule has 162 valence electrons. The van der Waals surface area contributed by atoms with Crippen LogP contribution in [0.3, 0.4) is 0 Å². The van der Waals surface area contributed by atoms with Crippen molar-refractivity contribution in [2.24, 2.45) is 0 Å². The van der Waals surface area contributed by atoms with Crippen LogP contribution in [0.15, 0.2) is 47.4 Å². The number of amides is 1. The molecule has 1 N–H and O–H groups in total. The van der Waals surface area contributed by atoms with E-state index in [2.05, 4.69) is 10.2 Å². The molecule has 1 amide bonds. The van der Waals surface area contributed by atoms with Crippen molar-refractivity contribution in [3.05, 3.63) is 48.0 Å². The second-order valence-corrected chi connectivity index (χ2v) is 8.98. The summed E-state index contributed by atoms with van der Waals surface area (Å²) in [7, 11) is -0.358. The quantitative estimate of drug-likeness (QED) is 0.720. The van der Waals surface area contributed by atoms with Gasteiger partial charge in [-0.3, -0.25) is 9.69 Å². The van der Waals surface area contributed by atoms with E-state index < -0.39 is 10.0 Å². The Morgan fingerprint density at radius 2 is 1.67 bits per heavy atom. The Hall–Kier alpha value is -2.62. The zero-order valence-electron chi connectivity index (χ0n) is 17.4. The Balaban J connectivity index is 1.64. The number of hydrogen-bond acceptors (Lipinski definition) is 6. The molecular formula is C21H27N3O5S. The SMILES string of the molecule is COc1cccc(CN2CCN(S(=O)(=O)c3ccc(NC(C)=O)cc3)CC2)c1OC. The molecule has 0 unspecified atom stereocenters. The molecule has 0 bridgehead atoms. The van der Waals surface area contributed by atoms with Crippen LogP contribution < -0.4 is 14.8 Å². The molecule has 2 aromatic rings. The van der Waals surface area contributed by atoms with E-state index in [-0.39, 0.29) is 10.8 Å². The zero-order valence-corrected chi connectivity index (χ0v) is 18.2. The number of carbonyl (C=O) groups is 1. The fourth-order valence-corrected chi connectivity index (χ4v) is 4.93. The number of hydrogen-bond donors (Lipinski definition) is 1. The van der Waals surface area contributed by atoms with Crippen molar-refractivity contribution in [3.63, 3.8) is 0 Å². The van der Waals surface area contributed by atoms with Gasteiger partial charge in [-0.2, -0.15) is 4.31 Å². The van der Waals surface area contributed by atoms with Crippen LogP contribution in [0.1, 0.15) is 12.5 Å². The summed E-state index contributed by atoms with van der Waals surface area (Å²) in [5.41, 5.74) is 1.57. The third-order valence-corrected chi connectivity index (χ3v) is 6.94. The van der Waals surface area contributed by atoms with Gasteiger partial charge in [0.2, 0.25) is 15.9 Å². The van der Waals surface area contributed by atoms with Crippen LogP contribution in [0.2, 0.25) is 0 Å². The van der Waals surface area contributed by atoms with Crippen LogP contribution in [-0.4, -0.2) is 63.9 Å². The average molecular weight is 434 g/mol. The fraction of sp³-hybridized carbons (Fsp3) is 0.381. The monoisotopic (exact) mass is 433 g/mol. The highest BCUT2D eigenvalue weighted by Gasteiger charge is 2.29. The summed E-state index contributed by atoms with van der Waals surface area (Å²) in [4.78, 5) is 13.5. The molecule has 30 heavy (non-hydrogen) atoms. The molecule has 1 heterocycles. The highest BCUT2D eigenvalue weighted by molar-refractivity contribution is 7.89. The topological polar surface area (TPSA) is 88.2 Å². The van der Waals surface area contributed by atoms with Crippen molar-refractivity contribution in [3.8, 4) is 11.5 Å². The van der Waals surface area contributed by atoms with Gasteiger partial charge in [0.25, 0.3) is 0 Å². The first-order chi connectivity index (χ1) is 14.3. The molecule has 0 aromatic heterocycles. The van der Waals surface area contributed by atoms with Crippen molar-refractivity contribution in [2.45, 2.75) is 18.4 Å². The molecule has 0 radical (unpaired) electrons. The minimum Gasteiger partial charge on any atom is -0.493 e. The molecule has 1 aliphatic rings. The Bertz CT molecular complexity index is 984. The van der Waals surface area contributed by atoms with Crippen molar-refractivity contribution >= 4 is 21.6 Å². The van der Waals surface area contributed by atoms with Gasteiger partial charge in [-0.1, -0.05) is 12.1 Å². The Kier molecular flexibility index (Phi) is 6.96. The molecule has 1 aliphatic heterocycles. The van der Waals surface area contributed by atoms with Crippen LogP contribution in [0.4, 0.5) is 5.69 Å². The average Bonchev–Trinajstić information content (AvgIpc) is 2.74. The molecule has 0 atom stereocenters. The van der Waals surface area contributed by atoms with E-state index in [9.17, 15) is 13.2 Å². The maximum atomic E-state index is 13.0. The maximum absolute atomic E-state index is 13.0. The molecule has 0 aliphatic carbocycles. The van der Waals surface area contributed by atoms with Crippen LogP contribution in [0, 0.1) is 0 Å². The molecule has 0 saturated carbocycles. The number of anilines is 1. The predicted octanol–water partition coefficient (Wildman–Crippen LogP) is 2.17. The first-order valence-corrected chi connectivity index (χ1v) is 11.1. The van der Waals surface area contributed by atoms with Gasteiger partial charge in [-0.25, -0.2) is 8.42 Å². The fourth-order valence-electron chi connectivity index (χ4n) is 3.51.